The summed E-state index contributed by atoms with van der Waals surface area (Å²) in [4.78, 5) is 0.189. The van der Waals surface area contributed by atoms with Crippen molar-refractivity contribution >= 4 is 21.6 Å². The summed E-state index contributed by atoms with van der Waals surface area (Å²) in [7, 11) is -3.43. The Kier molecular flexibility index (Phi) is 4.94. The molecule has 0 fully saturated rings. The van der Waals surface area contributed by atoms with Crippen LogP contribution in [0, 0.1) is 11.3 Å². The maximum atomic E-state index is 11.7. The van der Waals surface area contributed by atoms with Gasteiger partial charge in [0.05, 0.1) is 16.9 Å². The summed E-state index contributed by atoms with van der Waals surface area (Å²) in [6.45, 7) is 2.05. The zero-order valence-electron chi connectivity index (χ0n) is 9.35. The minimum atomic E-state index is -3.43. The van der Waals surface area contributed by atoms with Crippen LogP contribution in [0.15, 0.2) is 29.2 Å². The molecule has 1 rings (SSSR count). The van der Waals surface area contributed by atoms with Crippen molar-refractivity contribution in [2.75, 3.05) is 12.4 Å². The lowest BCUT2D eigenvalue weighted by molar-refractivity contribution is 0.584. The molecule has 17 heavy (non-hydrogen) atoms. The van der Waals surface area contributed by atoms with E-state index in [0.29, 0.717) is 6.54 Å². The number of nitriles is 1. The molecule has 0 radical (unpaired) electrons. The van der Waals surface area contributed by atoms with Crippen LogP contribution < -0.4 is 4.72 Å². The lowest BCUT2D eigenvalue weighted by Gasteiger charge is -2.07. The summed E-state index contributed by atoms with van der Waals surface area (Å²) in [5.74, 6) is -0.219. The monoisotopic (exact) mass is 272 g/mol. The highest BCUT2D eigenvalue weighted by Crippen LogP contribution is 2.18. The first-order valence-electron chi connectivity index (χ1n) is 5.10. The predicted octanol–water partition coefficient (Wildman–Crippen LogP) is 1.83. The second kappa shape index (κ2) is 6.01. The fourth-order valence-corrected chi connectivity index (χ4v) is 2.64. The summed E-state index contributed by atoms with van der Waals surface area (Å²) >= 11 is 5.63. The van der Waals surface area contributed by atoms with Crippen LogP contribution in [0.1, 0.15) is 18.4 Å². The molecule has 0 aromatic heterocycles. The summed E-state index contributed by atoms with van der Waals surface area (Å²) < 4.78 is 25.7. The molecule has 1 aromatic carbocycles. The molecule has 1 N–H and O–H groups in total. The number of sulfonamides is 1. The molecule has 0 saturated heterocycles. The van der Waals surface area contributed by atoms with Crippen LogP contribution >= 0.6 is 11.6 Å². The molecule has 92 valence electrons. The fraction of sp³-hybridized carbons (Fsp3) is 0.364. The standard InChI is InChI=1S/C11H13ClN2O2S/c1-2-14-17(15,16)11-5-3-9(4-6-11)10(7-12)8-13/h3-6,10,14H,2,7H2,1H3. The van der Waals surface area contributed by atoms with Crippen molar-refractivity contribution in [1.82, 2.24) is 4.72 Å². The zero-order valence-corrected chi connectivity index (χ0v) is 10.9. The number of nitrogens with one attached hydrogen (secondary N) is 1. The van der Waals surface area contributed by atoms with Gasteiger partial charge in [0.25, 0.3) is 0 Å². The average Bonchev–Trinajstić information content (AvgIpc) is 2.31. The van der Waals surface area contributed by atoms with Gasteiger partial charge < -0.3 is 0 Å². The number of halogens is 1. The molecule has 0 aliphatic rings. The average molecular weight is 273 g/mol. The SMILES string of the molecule is CCNS(=O)(=O)c1ccc(C(C#N)CCl)cc1. The topological polar surface area (TPSA) is 70.0 Å². The predicted molar refractivity (Wildman–Crippen MR) is 66.4 cm³/mol. The Bertz CT molecular complexity index is 505. The molecule has 1 aromatic rings. The highest BCUT2D eigenvalue weighted by atomic mass is 35.5. The first kappa shape index (κ1) is 14.0. The van der Waals surface area contributed by atoms with Crippen LogP contribution in [0.25, 0.3) is 0 Å². The van der Waals surface area contributed by atoms with E-state index in [9.17, 15) is 8.42 Å². The molecule has 4 nitrogen and oxygen atoms in total. The summed E-state index contributed by atoms with van der Waals surface area (Å²) in [5, 5.41) is 8.83. The van der Waals surface area contributed by atoms with Crippen LogP contribution in [-0.4, -0.2) is 20.8 Å². The van der Waals surface area contributed by atoms with Crippen molar-refractivity contribution in [3.8, 4) is 6.07 Å². The third-order valence-electron chi connectivity index (χ3n) is 2.24. The highest BCUT2D eigenvalue weighted by molar-refractivity contribution is 7.89. The number of benzene rings is 1. The Morgan fingerprint density at radius 1 is 1.41 bits per heavy atom. The van der Waals surface area contributed by atoms with Gasteiger partial charge in [-0.3, -0.25) is 0 Å². The van der Waals surface area contributed by atoms with E-state index in [0.717, 1.165) is 5.56 Å². The first-order valence-corrected chi connectivity index (χ1v) is 7.12. The molecule has 1 unspecified atom stereocenters. The van der Waals surface area contributed by atoms with Gasteiger partial charge in [-0.05, 0) is 17.7 Å². The van der Waals surface area contributed by atoms with Crippen molar-refractivity contribution in [2.24, 2.45) is 0 Å². The van der Waals surface area contributed by atoms with Gasteiger partial charge in [-0.2, -0.15) is 5.26 Å². The number of nitrogens with zero attached hydrogens (tertiary/aromatic N) is 1. The molecule has 0 amide bonds. The van der Waals surface area contributed by atoms with Gasteiger partial charge in [-0.15, -0.1) is 11.6 Å². The summed E-state index contributed by atoms with van der Waals surface area (Å²) in [6.07, 6.45) is 0. The van der Waals surface area contributed by atoms with Crippen LogP contribution in [0.4, 0.5) is 0 Å². The second-order valence-corrected chi connectivity index (χ2v) is 5.48. The van der Waals surface area contributed by atoms with E-state index in [2.05, 4.69) is 10.8 Å². The molecule has 0 bridgehead atoms. The van der Waals surface area contributed by atoms with Crippen molar-refractivity contribution in [3.05, 3.63) is 29.8 Å². The molecule has 6 heteroatoms. The maximum absolute atomic E-state index is 11.7. The Morgan fingerprint density at radius 3 is 2.41 bits per heavy atom. The van der Waals surface area contributed by atoms with Gasteiger partial charge in [-0.1, -0.05) is 19.1 Å². The van der Waals surface area contributed by atoms with Crippen molar-refractivity contribution in [1.29, 1.82) is 5.26 Å². The third-order valence-corrected chi connectivity index (χ3v) is 4.11. The fourth-order valence-electron chi connectivity index (χ4n) is 1.35. The smallest absolute Gasteiger partial charge is 0.211 e. The van der Waals surface area contributed by atoms with Gasteiger partial charge in [0, 0.05) is 12.4 Å². The van der Waals surface area contributed by atoms with Crippen molar-refractivity contribution in [2.45, 2.75) is 17.7 Å². The molecular formula is C11H13ClN2O2S. The molecule has 0 aliphatic heterocycles. The number of rotatable bonds is 5. The van der Waals surface area contributed by atoms with E-state index in [4.69, 9.17) is 16.9 Å². The van der Waals surface area contributed by atoms with Gasteiger partial charge in [-0.25, -0.2) is 13.1 Å². The lowest BCUT2D eigenvalue weighted by atomic mass is 10.0. The van der Waals surface area contributed by atoms with Crippen LogP contribution in [0.5, 0.6) is 0 Å². The van der Waals surface area contributed by atoms with Crippen molar-refractivity contribution < 1.29 is 8.42 Å². The molecule has 0 saturated carbocycles. The Balaban J connectivity index is 3.01. The highest BCUT2D eigenvalue weighted by Gasteiger charge is 2.14. The normalized spacial score (nSPS) is 13.0. The quantitative estimate of drug-likeness (QED) is 0.832. The van der Waals surface area contributed by atoms with Gasteiger partial charge in [0.15, 0.2) is 0 Å². The van der Waals surface area contributed by atoms with Crippen LogP contribution in [0.3, 0.4) is 0 Å². The lowest BCUT2D eigenvalue weighted by Crippen LogP contribution is -2.23. The van der Waals surface area contributed by atoms with E-state index >= 15 is 0 Å². The maximum Gasteiger partial charge on any atom is 0.240 e. The Hall–Kier alpha value is -1.09. The Morgan fingerprint density at radius 2 is 2.00 bits per heavy atom. The summed E-state index contributed by atoms with van der Waals surface area (Å²) in [6, 6.07) is 8.23. The van der Waals surface area contributed by atoms with E-state index in [-0.39, 0.29) is 10.8 Å². The number of hydrogen-bond acceptors (Lipinski definition) is 3. The van der Waals surface area contributed by atoms with E-state index in [1.807, 2.05) is 0 Å². The molecule has 0 spiro atoms. The van der Waals surface area contributed by atoms with Gasteiger partial charge >= 0.3 is 0 Å². The largest absolute Gasteiger partial charge is 0.240 e. The van der Waals surface area contributed by atoms with Crippen LogP contribution in [-0.2, 0) is 10.0 Å². The molecule has 0 heterocycles. The first-order chi connectivity index (χ1) is 8.05. The minimum Gasteiger partial charge on any atom is -0.211 e. The minimum absolute atomic E-state index is 0.189. The molecular weight excluding hydrogens is 260 g/mol. The Labute approximate surface area is 106 Å². The van der Waals surface area contributed by atoms with Gasteiger partial charge in [0.2, 0.25) is 10.0 Å². The van der Waals surface area contributed by atoms with Crippen molar-refractivity contribution in [3.63, 3.8) is 0 Å². The number of hydrogen-bond donors (Lipinski definition) is 1. The van der Waals surface area contributed by atoms with Crippen LogP contribution in [0.2, 0.25) is 0 Å². The second-order valence-electron chi connectivity index (χ2n) is 3.41. The zero-order chi connectivity index (χ0) is 12.9. The molecule has 1 atom stereocenters. The van der Waals surface area contributed by atoms with E-state index < -0.39 is 15.9 Å². The molecule has 0 aliphatic carbocycles. The summed E-state index contributed by atoms with van der Waals surface area (Å²) in [5.41, 5.74) is 0.720. The van der Waals surface area contributed by atoms with Gasteiger partial charge in [0.1, 0.15) is 0 Å². The third kappa shape index (κ3) is 3.43. The number of alkyl halides is 1. The van der Waals surface area contributed by atoms with E-state index in [1.165, 1.54) is 12.1 Å². The van der Waals surface area contributed by atoms with E-state index in [1.54, 1.807) is 19.1 Å².